The van der Waals surface area contributed by atoms with Crippen LogP contribution in [0.2, 0.25) is 5.02 Å². The highest BCUT2D eigenvalue weighted by molar-refractivity contribution is 6.33. The maximum Gasteiger partial charge on any atom is 0.275 e. The smallest absolute Gasteiger partial charge is 0.275 e. The van der Waals surface area contributed by atoms with Gasteiger partial charge in [0.1, 0.15) is 12.4 Å². The Kier molecular flexibility index (Phi) is 5.50. The van der Waals surface area contributed by atoms with Gasteiger partial charge in [0.05, 0.1) is 22.2 Å². The van der Waals surface area contributed by atoms with Crippen LogP contribution in [0.5, 0.6) is 0 Å². The number of nitrogens with zero attached hydrogens (tertiary/aromatic N) is 4. The molecule has 7 nitrogen and oxygen atoms in total. The maximum absolute atomic E-state index is 13.2. The van der Waals surface area contributed by atoms with E-state index in [4.69, 9.17) is 11.6 Å². The van der Waals surface area contributed by atoms with Crippen LogP contribution in [-0.4, -0.2) is 57.6 Å². The van der Waals surface area contributed by atoms with E-state index in [9.17, 15) is 18.8 Å². The first-order valence-corrected chi connectivity index (χ1v) is 9.79. The molecule has 2 aromatic carbocycles. The second-order valence-corrected chi connectivity index (χ2v) is 7.40. The topological polar surface area (TPSA) is 75.5 Å². The van der Waals surface area contributed by atoms with Crippen LogP contribution in [0, 0.1) is 5.82 Å². The first kappa shape index (κ1) is 20.0. The van der Waals surface area contributed by atoms with Crippen LogP contribution in [0.25, 0.3) is 10.8 Å². The molecule has 4 rings (SSSR count). The summed E-state index contributed by atoms with van der Waals surface area (Å²) in [7, 11) is 0. The summed E-state index contributed by atoms with van der Waals surface area (Å²) in [5.74, 6) is -1.06. The number of hydrogen-bond acceptors (Lipinski definition) is 4. The number of benzene rings is 2. The fraction of sp³-hybridized carbons (Fsp3) is 0.238. The van der Waals surface area contributed by atoms with Gasteiger partial charge in [-0.3, -0.25) is 14.4 Å². The second kappa shape index (κ2) is 8.23. The minimum absolute atomic E-state index is 0.0558. The van der Waals surface area contributed by atoms with E-state index in [0.29, 0.717) is 31.6 Å². The second-order valence-electron chi connectivity index (χ2n) is 6.99. The third-order valence-corrected chi connectivity index (χ3v) is 5.44. The quantitative estimate of drug-likeness (QED) is 0.640. The highest BCUT2D eigenvalue weighted by Crippen LogP contribution is 2.20. The summed E-state index contributed by atoms with van der Waals surface area (Å²) >= 11 is 5.98. The first-order chi connectivity index (χ1) is 14.4. The molecule has 0 N–H and O–H groups in total. The molecule has 0 radical (unpaired) electrons. The van der Waals surface area contributed by atoms with E-state index in [0.717, 1.165) is 16.1 Å². The van der Waals surface area contributed by atoms with E-state index in [1.165, 1.54) is 12.1 Å². The predicted molar refractivity (Wildman–Crippen MR) is 110 cm³/mol. The molecule has 154 valence electrons. The number of halogens is 2. The summed E-state index contributed by atoms with van der Waals surface area (Å²) in [4.78, 5) is 41.0. The molecule has 1 fully saturated rings. The Labute approximate surface area is 176 Å². The van der Waals surface area contributed by atoms with Gasteiger partial charge in [0.2, 0.25) is 5.91 Å². The third kappa shape index (κ3) is 3.91. The van der Waals surface area contributed by atoms with Gasteiger partial charge >= 0.3 is 0 Å². The molecule has 2 amide bonds. The lowest BCUT2D eigenvalue weighted by atomic mass is 10.1. The van der Waals surface area contributed by atoms with Crippen LogP contribution in [0.1, 0.15) is 10.4 Å². The van der Waals surface area contributed by atoms with E-state index in [1.807, 2.05) is 6.07 Å². The molecule has 1 aliphatic rings. The largest absolute Gasteiger partial charge is 0.338 e. The van der Waals surface area contributed by atoms with Crippen LogP contribution in [-0.2, 0) is 11.3 Å². The lowest BCUT2D eigenvalue weighted by molar-refractivity contribution is -0.133. The molecule has 0 saturated carbocycles. The van der Waals surface area contributed by atoms with Crippen molar-refractivity contribution in [1.82, 2.24) is 19.6 Å². The fourth-order valence-electron chi connectivity index (χ4n) is 3.46. The van der Waals surface area contributed by atoms with Gasteiger partial charge < -0.3 is 9.80 Å². The SMILES string of the molecule is O=C(Cn1ncc2ccccc2c1=O)N1CCN(C(=O)c2ccc(F)cc2Cl)CC1. The molecular formula is C21H18ClFN4O3. The normalized spacial score (nSPS) is 14.2. The maximum atomic E-state index is 13.2. The summed E-state index contributed by atoms with van der Waals surface area (Å²) in [5.41, 5.74) is -0.0917. The van der Waals surface area contributed by atoms with Crippen LogP contribution >= 0.6 is 11.6 Å². The fourth-order valence-corrected chi connectivity index (χ4v) is 3.71. The zero-order chi connectivity index (χ0) is 21.3. The summed E-state index contributed by atoms with van der Waals surface area (Å²) in [6.45, 7) is 1.12. The molecule has 9 heteroatoms. The number of piperazine rings is 1. The molecule has 30 heavy (non-hydrogen) atoms. The van der Waals surface area contributed by atoms with E-state index in [2.05, 4.69) is 5.10 Å². The molecule has 1 aromatic heterocycles. The van der Waals surface area contributed by atoms with Crippen LogP contribution in [0.3, 0.4) is 0 Å². The highest BCUT2D eigenvalue weighted by atomic mass is 35.5. The lowest BCUT2D eigenvalue weighted by Crippen LogP contribution is -2.51. The molecule has 0 unspecified atom stereocenters. The summed E-state index contributed by atoms with van der Waals surface area (Å²) < 4.78 is 14.4. The van der Waals surface area contributed by atoms with Gasteiger partial charge in [-0.25, -0.2) is 9.07 Å². The molecule has 1 saturated heterocycles. The van der Waals surface area contributed by atoms with Crippen LogP contribution in [0.15, 0.2) is 53.5 Å². The molecule has 0 bridgehead atoms. The average molecular weight is 429 g/mol. The highest BCUT2D eigenvalue weighted by Gasteiger charge is 2.26. The summed E-state index contributed by atoms with van der Waals surface area (Å²) in [6.07, 6.45) is 1.56. The predicted octanol–water partition coefficient (Wildman–Crippen LogP) is 2.17. The summed E-state index contributed by atoms with van der Waals surface area (Å²) in [5, 5.41) is 5.37. The molecular weight excluding hydrogens is 411 g/mol. The number of amides is 2. The number of aromatic nitrogens is 2. The van der Waals surface area contributed by atoms with Gasteiger partial charge in [0, 0.05) is 31.6 Å². The Morgan fingerprint density at radius 1 is 1.03 bits per heavy atom. The van der Waals surface area contributed by atoms with E-state index >= 15 is 0 Å². The van der Waals surface area contributed by atoms with Crippen molar-refractivity contribution in [3.8, 4) is 0 Å². The Morgan fingerprint density at radius 2 is 1.73 bits per heavy atom. The number of hydrogen-bond donors (Lipinski definition) is 0. The minimum atomic E-state index is -0.510. The minimum Gasteiger partial charge on any atom is -0.338 e. The van der Waals surface area contributed by atoms with Gasteiger partial charge in [-0.05, 0) is 24.3 Å². The van der Waals surface area contributed by atoms with Crippen LogP contribution < -0.4 is 5.56 Å². The van der Waals surface area contributed by atoms with Gasteiger partial charge in [-0.15, -0.1) is 0 Å². The Morgan fingerprint density at radius 3 is 2.47 bits per heavy atom. The molecule has 0 aliphatic carbocycles. The third-order valence-electron chi connectivity index (χ3n) is 5.13. The molecule has 0 atom stereocenters. The van der Waals surface area contributed by atoms with Crippen molar-refractivity contribution < 1.29 is 14.0 Å². The molecule has 1 aliphatic heterocycles. The van der Waals surface area contributed by atoms with Crippen molar-refractivity contribution in [2.24, 2.45) is 0 Å². The number of rotatable bonds is 3. The van der Waals surface area contributed by atoms with Gasteiger partial charge in [-0.2, -0.15) is 5.10 Å². The van der Waals surface area contributed by atoms with Crippen LogP contribution in [0.4, 0.5) is 4.39 Å². The van der Waals surface area contributed by atoms with Crippen molar-refractivity contribution in [3.63, 3.8) is 0 Å². The lowest BCUT2D eigenvalue weighted by Gasteiger charge is -2.35. The van der Waals surface area contributed by atoms with Crippen molar-refractivity contribution in [1.29, 1.82) is 0 Å². The van der Waals surface area contributed by atoms with E-state index < -0.39 is 5.82 Å². The van der Waals surface area contributed by atoms with E-state index in [-0.39, 0.29) is 34.5 Å². The van der Waals surface area contributed by atoms with Crippen molar-refractivity contribution in [3.05, 3.63) is 75.4 Å². The van der Waals surface area contributed by atoms with Crippen molar-refractivity contribution in [2.45, 2.75) is 6.54 Å². The van der Waals surface area contributed by atoms with Gasteiger partial charge in [0.15, 0.2) is 0 Å². The van der Waals surface area contributed by atoms with Crippen molar-refractivity contribution in [2.75, 3.05) is 26.2 Å². The molecule has 3 aromatic rings. The zero-order valence-electron chi connectivity index (χ0n) is 15.9. The monoisotopic (exact) mass is 428 g/mol. The first-order valence-electron chi connectivity index (χ1n) is 9.41. The Bertz CT molecular complexity index is 1190. The Hall–Kier alpha value is -3.26. The van der Waals surface area contributed by atoms with Crippen molar-refractivity contribution >= 4 is 34.2 Å². The van der Waals surface area contributed by atoms with E-state index in [1.54, 1.807) is 34.2 Å². The zero-order valence-corrected chi connectivity index (χ0v) is 16.7. The molecule has 0 spiro atoms. The average Bonchev–Trinajstić information content (AvgIpc) is 2.75. The Balaban J connectivity index is 1.40. The molecule has 2 heterocycles. The van der Waals surface area contributed by atoms with Gasteiger partial charge in [-0.1, -0.05) is 29.8 Å². The number of carbonyl (C=O) groups excluding carboxylic acids is 2. The number of carbonyl (C=O) groups is 2. The number of fused-ring (bicyclic) bond motifs is 1. The standard InChI is InChI=1S/C21H18ClFN4O3/c22-18-11-15(23)5-6-17(18)20(29)26-9-7-25(8-10-26)19(28)13-27-21(30)16-4-2-1-3-14(16)12-24-27/h1-6,11-12H,7-10,13H2. The summed E-state index contributed by atoms with van der Waals surface area (Å²) in [6, 6.07) is 10.7. The van der Waals surface area contributed by atoms with Gasteiger partial charge in [0.25, 0.3) is 11.5 Å².